The smallest absolute Gasteiger partial charge is 0.335 e. The number of nitrogens with one attached hydrogen (secondary N) is 2. The normalized spacial score (nSPS) is 12.4. The van der Waals surface area contributed by atoms with Gasteiger partial charge in [-0.05, 0) is 73.7 Å². The number of carboxylic acid groups (broad SMARTS) is 1. The molecule has 0 radical (unpaired) electrons. The number of carbonyl (C=O) groups excluding carboxylic acids is 2. The van der Waals surface area contributed by atoms with E-state index in [2.05, 4.69) is 10.6 Å². The molecule has 1 aliphatic carbocycles. The Morgan fingerprint density at radius 1 is 0.974 bits per heavy atom. The van der Waals surface area contributed by atoms with Crippen LogP contribution in [0.4, 0.5) is 21.9 Å². The number of ether oxygens (including phenoxy) is 2. The molecule has 0 saturated heterocycles. The zero-order valence-electron chi connectivity index (χ0n) is 21.4. The highest BCUT2D eigenvalue weighted by molar-refractivity contribution is 6.01. The largest absolute Gasteiger partial charge is 0.494 e. The van der Waals surface area contributed by atoms with Crippen molar-refractivity contribution in [2.24, 2.45) is 5.92 Å². The van der Waals surface area contributed by atoms with Crippen LogP contribution in [0.25, 0.3) is 0 Å². The molecular formula is C29H31N3O6. The first-order valence-corrected chi connectivity index (χ1v) is 12.4. The first kappa shape index (κ1) is 26.5. The van der Waals surface area contributed by atoms with E-state index >= 15 is 0 Å². The maximum absolute atomic E-state index is 13.1. The van der Waals surface area contributed by atoms with E-state index < -0.39 is 12.0 Å². The molecule has 3 aromatic rings. The van der Waals surface area contributed by atoms with Crippen LogP contribution in [0, 0.1) is 12.8 Å². The molecule has 3 aromatic carbocycles. The third-order valence-electron chi connectivity index (χ3n) is 6.28. The molecule has 1 saturated carbocycles. The van der Waals surface area contributed by atoms with Crippen LogP contribution in [0.2, 0.25) is 0 Å². The lowest BCUT2D eigenvalue weighted by Gasteiger charge is -2.24. The van der Waals surface area contributed by atoms with Gasteiger partial charge in [-0.15, -0.1) is 0 Å². The number of benzene rings is 3. The Kier molecular flexibility index (Phi) is 8.47. The van der Waals surface area contributed by atoms with Gasteiger partial charge in [-0.3, -0.25) is 4.79 Å². The average molecular weight is 518 g/mol. The number of carboxylic acids is 1. The number of hydrogen-bond donors (Lipinski definition) is 3. The van der Waals surface area contributed by atoms with E-state index in [-0.39, 0.29) is 24.6 Å². The molecule has 9 heteroatoms. The van der Waals surface area contributed by atoms with Gasteiger partial charge in [0.05, 0.1) is 24.9 Å². The second kappa shape index (κ2) is 12.1. The highest BCUT2D eigenvalue weighted by Gasteiger charge is 2.28. The second-order valence-corrected chi connectivity index (χ2v) is 9.15. The quantitative estimate of drug-likeness (QED) is 0.307. The van der Waals surface area contributed by atoms with Crippen molar-refractivity contribution in [1.29, 1.82) is 0 Å². The summed E-state index contributed by atoms with van der Waals surface area (Å²) in [6.07, 6.45) is 2.55. The highest BCUT2D eigenvalue weighted by atomic mass is 16.5. The number of carbonyl (C=O) groups is 3. The van der Waals surface area contributed by atoms with Gasteiger partial charge in [-0.25, -0.2) is 9.59 Å². The zero-order valence-corrected chi connectivity index (χ0v) is 21.4. The Bertz CT molecular complexity index is 1300. The fourth-order valence-electron chi connectivity index (χ4n) is 3.97. The highest BCUT2D eigenvalue weighted by Crippen LogP contribution is 2.35. The van der Waals surface area contributed by atoms with E-state index in [9.17, 15) is 14.4 Å². The first-order chi connectivity index (χ1) is 18.3. The number of amides is 3. The van der Waals surface area contributed by atoms with E-state index in [0.717, 1.165) is 18.4 Å². The molecule has 0 unspecified atom stereocenters. The molecule has 3 N–H and O–H groups in total. The minimum Gasteiger partial charge on any atom is -0.494 e. The summed E-state index contributed by atoms with van der Waals surface area (Å²) in [6, 6.07) is 18.4. The number of urea groups is 1. The predicted molar refractivity (Wildman–Crippen MR) is 145 cm³/mol. The number of aryl methyl sites for hydroxylation is 1. The maximum atomic E-state index is 13.1. The Hall–Kier alpha value is -4.53. The van der Waals surface area contributed by atoms with Crippen LogP contribution < -0.4 is 25.0 Å². The maximum Gasteiger partial charge on any atom is 0.335 e. The van der Waals surface area contributed by atoms with E-state index in [1.807, 2.05) is 31.2 Å². The third-order valence-corrected chi connectivity index (χ3v) is 6.28. The van der Waals surface area contributed by atoms with Crippen molar-refractivity contribution in [2.75, 3.05) is 35.8 Å². The van der Waals surface area contributed by atoms with Gasteiger partial charge >= 0.3 is 12.0 Å². The van der Waals surface area contributed by atoms with Gasteiger partial charge in [-0.1, -0.05) is 18.2 Å². The molecule has 38 heavy (non-hydrogen) atoms. The molecule has 0 spiro atoms. The summed E-state index contributed by atoms with van der Waals surface area (Å²) in [4.78, 5) is 38.4. The SMILES string of the molecule is COc1cc(N(CCOc2ccc(C(=O)O)cc2)C(=O)CC2CC2)ccc1NC(=O)Nc1ccccc1C. The van der Waals surface area contributed by atoms with Gasteiger partial charge in [0.1, 0.15) is 18.1 Å². The van der Waals surface area contributed by atoms with Gasteiger partial charge in [0, 0.05) is 23.9 Å². The van der Waals surface area contributed by atoms with Crippen LogP contribution in [-0.4, -0.2) is 43.3 Å². The van der Waals surface area contributed by atoms with Gasteiger partial charge in [-0.2, -0.15) is 0 Å². The summed E-state index contributed by atoms with van der Waals surface area (Å²) in [5.74, 6) is 0.311. The van der Waals surface area contributed by atoms with Gasteiger partial charge in [0.2, 0.25) is 5.91 Å². The number of rotatable bonds is 11. The molecule has 1 aliphatic rings. The summed E-state index contributed by atoms with van der Waals surface area (Å²) in [5.41, 5.74) is 2.91. The van der Waals surface area contributed by atoms with Crippen molar-refractivity contribution in [3.8, 4) is 11.5 Å². The summed E-state index contributed by atoms with van der Waals surface area (Å²) < 4.78 is 11.3. The van der Waals surface area contributed by atoms with Crippen molar-refractivity contribution in [3.63, 3.8) is 0 Å². The van der Waals surface area contributed by atoms with Gasteiger partial charge in [0.15, 0.2) is 0 Å². The Morgan fingerprint density at radius 2 is 1.68 bits per heavy atom. The predicted octanol–water partition coefficient (Wildman–Crippen LogP) is 5.56. The Balaban J connectivity index is 1.45. The summed E-state index contributed by atoms with van der Waals surface area (Å²) >= 11 is 0. The molecular weight excluding hydrogens is 486 g/mol. The molecule has 0 atom stereocenters. The molecule has 3 amide bonds. The molecule has 1 fully saturated rings. The van der Waals surface area contributed by atoms with Crippen LogP contribution in [0.15, 0.2) is 66.7 Å². The van der Waals surface area contributed by atoms with Gasteiger partial charge in [0.25, 0.3) is 0 Å². The average Bonchev–Trinajstić information content (AvgIpc) is 3.72. The number of aromatic carboxylic acids is 1. The molecule has 4 rings (SSSR count). The lowest BCUT2D eigenvalue weighted by Crippen LogP contribution is -2.35. The molecule has 198 valence electrons. The molecule has 0 aliphatic heterocycles. The summed E-state index contributed by atoms with van der Waals surface area (Å²) in [7, 11) is 1.50. The zero-order chi connectivity index (χ0) is 27.1. The lowest BCUT2D eigenvalue weighted by molar-refractivity contribution is -0.119. The minimum atomic E-state index is -1.01. The first-order valence-electron chi connectivity index (χ1n) is 12.4. The van der Waals surface area contributed by atoms with Crippen molar-refractivity contribution in [3.05, 3.63) is 77.9 Å². The number of hydrogen-bond acceptors (Lipinski definition) is 5. The number of nitrogens with zero attached hydrogens (tertiary/aromatic N) is 1. The lowest BCUT2D eigenvalue weighted by atomic mass is 10.2. The summed E-state index contributed by atoms with van der Waals surface area (Å²) in [5, 5.41) is 14.7. The molecule has 0 aromatic heterocycles. The number of anilines is 3. The fraction of sp³-hybridized carbons (Fsp3) is 0.276. The van der Waals surface area contributed by atoms with Crippen molar-refractivity contribution in [2.45, 2.75) is 26.2 Å². The van der Waals surface area contributed by atoms with E-state index in [0.29, 0.717) is 40.9 Å². The summed E-state index contributed by atoms with van der Waals surface area (Å²) in [6.45, 7) is 2.41. The molecule has 0 bridgehead atoms. The van der Waals surface area contributed by atoms with Crippen LogP contribution in [-0.2, 0) is 4.79 Å². The van der Waals surface area contributed by atoms with Crippen LogP contribution in [0.5, 0.6) is 11.5 Å². The van der Waals surface area contributed by atoms with E-state index in [1.54, 1.807) is 35.2 Å². The van der Waals surface area contributed by atoms with Crippen molar-refractivity contribution >= 4 is 35.0 Å². The van der Waals surface area contributed by atoms with Gasteiger partial charge < -0.3 is 30.1 Å². The standard InChI is InChI=1S/C29H31N3O6/c1-19-5-3-4-6-24(19)30-29(36)31-25-14-11-22(18-26(25)37-2)32(27(33)17-20-7-8-20)15-16-38-23-12-9-21(10-13-23)28(34)35/h3-6,9-14,18,20H,7-8,15-17H2,1-2H3,(H,34,35)(H2,30,31,36). The van der Waals surface area contributed by atoms with E-state index in [4.69, 9.17) is 14.6 Å². The Morgan fingerprint density at radius 3 is 2.34 bits per heavy atom. The van der Waals surface area contributed by atoms with Crippen molar-refractivity contribution < 1.29 is 29.0 Å². The topological polar surface area (TPSA) is 117 Å². The Labute approximate surface area is 221 Å². The van der Waals surface area contributed by atoms with Crippen LogP contribution in [0.3, 0.4) is 0 Å². The molecule has 0 heterocycles. The third kappa shape index (κ3) is 7.03. The number of para-hydroxylation sites is 1. The second-order valence-electron chi connectivity index (χ2n) is 9.15. The fourth-order valence-corrected chi connectivity index (χ4v) is 3.97. The minimum absolute atomic E-state index is 0.0163. The van der Waals surface area contributed by atoms with Crippen LogP contribution in [0.1, 0.15) is 35.2 Å². The van der Waals surface area contributed by atoms with E-state index in [1.165, 1.54) is 19.2 Å². The monoisotopic (exact) mass is 517 g/mol. The molecule has 9 nitrogen and oxygen atoms in total. The number of methoxy groups -OCH3 is 1. The van der Waals surface area contributed by atoms with Crippen molar-refractivity contribution in [1.82, 2.24) is 0 Å². The van der Waals surface area contributed by atoms with Crippen LogP contribution >= 0.6 is 0 Å².